The van der Waals surface area contributed by atoms with E-state index in [1.165, 1.54) is 24.8 Å². The highest BCUT2D eigenvalue weighted by atomic mass is 32.3. The summed E-state index contributed by atoms with van der Waals surface area (Å²) in [6.07, 6.45) is 11.8. The van der Waals surface area contributed by atoms with Gasteiger partial charge in [0, 0.05) is 5.92 Å². The maximum Gasteiger partial charge on any atom is 0.397 e. The second kappa shape index (κ2) is 9.60. The van der Waals surface area contributed by atoms with Crippen LogP contribution in [0.3, 0.4) is 0 Å². The van der Waals surface area contributed by atoms with E-state index in [1.807, 2.05) is 13.0 Å². The number of hydrogen-bond donors (Lipinski definition) is 2. The first-order chi connectivity index (χ1) is 15.8. The molecule has 0 aromatic heterocycles. The second-order valence-electron chi connectivity index (χ2n) is 12.6. The average molecular weight is 497 g/mol. The van der Waals surface area contributed by atoms with Crippen molar-refractivity contribution in [2.45, 2.75) is 98.0 Å². The molecule has 0 radical (unpaired) electrons. The maximum absolute atomic E-state index is 13.2. The van der Waals surface area contributed by atoms with Crippen molar-refractivity contribution in [2.75, 3.05) is 6.61 Å². The normalized spacial score (nSPS) is 41.8. The molecule has 0 aromatic rings. The molecular formula is C27H44O6S. The summed E-state index contributed by atoms with van der Waals surface area (Å²) in [4.78, 5) is 13.2. The van der Waals surface area contributed by atoms with Gasteiger partial charge < -0.3 is 5.11 Å². The Morgan fingerprint density at radius 2 is 1.71 bits per heavy atom. The van der Waals surface area contributed by atoms with E-state index in [0.717, 1.165) is 38.5 Å². The molecule has 0 unspecified atom stereocenters. The van der Waals surface area contributed by atoms with E-state index in [4.69, 9.17) is 4.55 Å². The minimum atomic E-state index is -4.37. The van der Waals surface area contributed by atoms with E-state index in [9.17, 15) is 18.3 Å². The van der Waals surface area contributed by atoms with E-state index in [0.29, 0.717) is 30.1 Å². The van der Waals surface area contributed by atoms with Gasteiger partial charge in [0.25, 0.3) is 0 Å². The molecule has 3 fully saturated rings. The number of hydrogen-bond acceptors (Lipinski definition) is 5. The Hall–Kier alpha value is -0.760. The van der Waals surface area contributed by atoms with Crippen molar-refractivity contribution in [2.24, 2.45) is 46.3 Å². The molecule has 0 aromatic carbocycles. The van der Waals surface area contributed by atoms with Crippen LogP contribution in [0.15, 0.2) is 11.6 Å². The maximum atomic E-state index is 13.2. The molecule has 0 spiro atoms. The van der Waals surface area contributed by atoms with E-state index in [1.54, 1.807) is 0 Å². The lowest BCUT2D eigenvalue weighted by Gasteiger charge is -2.57. The zero-order chi connectivity index (χ0) is 24.9. The van der Waals surface area contributed by atoms with Crippen LogP contribution in [0.4, 0.5) is 0 Å². The molecule has 4 rings (SSSR count). The summed E-state index contributed by atoms with van der Waals surface area (Å²) in [6, 6.07) is 0. The molecule has 0 bridgehead atoms. The largest absolute Gasteiger partial charge is 0.397 e. The quantitative estimate of drug-likeness (QED) is 0.438. The highest BCUT2D eigenvalue weighted by Crippen LogP contribution is 2.66. The number of aliphatic hydroxyl groups is 1. The van der Waals surface area contributed by atoms with Gasteiger partial charge in [0.15, 0.2) is 5.78 Å². The van der Waals surface area contributed by atoms with Gasteiger partial charge in [-0.2, -0.15) is 8.42 Å². The highest BCUT2D eigenvalue weighted by Gasteiger charge is 2.59. The Bertz CT molecular complexity index is 912. The summed E-state index contributed by atoms with van der Waals surface area (Å²) in [5, 5.41) is 10.2. The number of rotatable bonds is 8. The molecule has 0 saturated heterocycles. The fourth-order valence-electron chi connectivity index (χ4n) is 8.59. The van der Waals surface area contributed by atoms with E-state index in [-0.39, 0.29) is 41.2 Å². The average Bonchev–Trinajstić information content (AvgIpc) is 3.10. The molecule has 34 heavy (non-hydrogen) atoms. The topological polar surface area (TPSA) is 101 Å². The number of ketones is 1. The van der Waals surface area contributed by atoms with Gasteiger partial charge in [-0.3, -0.25) is 9.35 Å². The fourth-order valence-corrected chi connectivity index (χ4v) is 9.00. The lowest BCUT2D eigenvalue weighted by atomic mass is 9.47. The molecule has 0 heterocycles. The second-order valence-corrected chi connectivity index (χ2v) is 13.7. The van der Waals surface area contributed by atoms with Crippen LogP contribution in [0.2, 0.25) is 0 Å². The van der Waals surface area contributed by atoms with Crippen molar-refractivity contribution in [1.82, 2.24) is 0 Å². The van der Waals surface area contributed by atoms with Gasteiger partial charge in [-0.25, -0.2) is 4.18 Å². The zero-order valence-electron chi connectivity index (χ0n) is 21.3. The highest BCUT2D eigenvalue weighted by molar-refractivity contribution is 7.80. The van der Waals surface area contributed by atoms with Crippen LogP contribution in [-0.2, 0) is 19.4 Å². The van der Waals surface area contributed by atoms with Crippen molar-refractivity contribution >= 4 is 16.2 Å². The smallest absolute Gasteiger partial charge is 0.393 e. The summed E-state index contributed by atoms with van der Waals surface area (Å²) in [6.45, 7) is 9.13. The summed E-state index contributed by atoms with van der Waals surface area (Å²) < 4.78 is 34.9. The van der Waals surface area contributed by atoms with Crippen LogP contribution >= 0.6 is 0 Å². The minimum Gasteiger partial charge on any atom is -0.393 e. The number of carbonyl (C=O) groups is 1. The number of aliphatic hydroxyl groups excluding tert-OH is 1. The van der Waals surface area contributed by atoms with Crippen LogP contribution in [0.5, 0.6) is 0 Å². The Balaban J connectivity index is 1.40. The molecule has 0 amide bonds. The lowest BCUT2D eigenvalue weighted by molar-refractivity contribution is -0.132. The Kier molecular flexibility index (Phi) is 7.43. The van der Waals surface area contributed by atoms with Gasteiger partial charge in [-0.05, 0) is 97.9 Å². The number of allylic oxidation sites excluding steroid dienone is 2. The summed E-state index contributed by atoms with van der Waals surface area (Å²) in [5.74, 6) is 2.52. The third-order valence-corrected chi connectivity index (χ3v) is 10.9. The molecule has 7 heteroatoms. The standard InChI is InChI=1S/C27H44O6S/c1-17(16-33-34(30,31)32)6-5-7-18(2)21-8-9-22-20-15-25(29)24-14-19(28)10-12-27(24,4)23(20)11-13-26(21,22)3/h15,17-19,21-24,28H,5-14,16H2,1-4H3,(H,30,31,32)/t17-,18-,19-,21-,22+,23+,24-,26-,27-/m1/s1. The van der Waals surface area contributed by atoms with E-state index in [2.05, 4.69) is 25.0 Å². The molecule has 4 aliphatic carbocycles. The van der Waals surface area contributed by atoms with Crippen LogP contribution in [0.25, 0.3) is 0 Å². The molecule has 4 aliphatic rings. The van der Waals surface area contributed by atoms with Crippen molar-refractivity contribution in [1.29, 1.82) is 0 Å². The molecule has 0 aliphatic heterocycles. The predicted molar refractivity (Wildman–Crippen MR) is 131 cm³/mol. The fraction of sp³-hybridized carbons (Fsp3) is 0.889. The number of fused-ring (bicyclic) bond motifs is 5. The minimum absolute atomic E-state index is 0.00564. The van der Waals surface area contributed by atoms with Crippen LogP contribution < -0.4 is 0 Å². The lowest BCUT2D eigenvalue weighted by Crippen LogP contribution is -2.52. The van der Waals surface area contributed by atoms with E-state index >= 15 is 0 Å². The molecule has 194 valence electrons. The third kappa shape index (κ3) is 4.91. The van der Waals surface area contributed by atoms with Crippen LogP contribution in [-0.4, -0.2) is 36.6 Å². The third-order valence-electron chi connectivity index (χ3n) is 10.5. The van der Waals surface area contributed by atoms with Crippen LogP contribution in [0.1, 0.15) is 91.9 Å². The molecular weight excluding hydrogens is 452 g/mol. The summed E-state index contributed by atoms with van der Waals surface area (Å²) >= 11 is 0. The molecule has 6 nitrogen and oxygen atoms in total. The predicted octanol–water partition coefficient (Wildman–Crippen LogP) is 5.37. The van der Waals surface area contributed by atoms with Crippen molar-refractivity contribution in [3.8, 4) is 0 Å². The summed E-state index contributed by atoms with van der Waals surface area (Å²) in [7, 11) is -4.37. The Labute approximate surface area is 205 Å². The first-order valence-electron chi connectivity index (χ1n) is 13.4. The Morgan fingerprint density at radius 3 is 2.41 bits per heavy atom. The van der Waals surface area contributed by atoms with Gasteiger partial charge in [0.2, 0.25) is 0 Å². The van der Waals surface area contributed by atoms with Crippen LogP contribution in [0, 0.1) is 46.3 Å². The van der Waals surface area contributed by atoms with Gasteiger partial charge in [0.05, 0.1) is 12.7 Å². The summed E-state index contributed by atoms with van der Waals surface area (Å²) in [5.41, 5.74) is 1.67. The molecule has 3 saturated carbocycles. The van der Waals surface area contributed by atoms with Crippen molar-refractivity contribution in [3.63, 3.8) is 0 Å². The zero-order valence-corrected chi connectivity index (χ0v) is 22.1. The number of carbonyl (C=O) groups excluding carboxylic acids is 1. The van der Waals surface area contributed by atoms with Crippen molar-refractivity contribution < 1.29 is 27.1 Å². The van der Waals surface area contributed by atoms with E-state index < -0.39 is 10.4 Å². The van der Waals surface area contributed by atoms with Gasteiger partial charge in [-0.1, -0.05) is 46.1 Å². The Morgan fingerprint density at radius 1 is 1.03 bits per heavy atom. The first-order valence-corrected chi connectivity index (χ1v) is 14.8. The molecule has 2 N–H and O–H groups in total. The molecule has 9 atom stereocenters. The van der Waals surface area contributed by atoms with Gasteiger partial charge in [-0.15, -0.1) is 0 Å². The van der Waals surface area contributed by atoms with Crippen molar-refractivity contribution in [3.05, 3.63) is 11.6 Å². The monoisotopic (exact) mass is 496 g/mol. The van der Waals surface area contributed by atoms with Gasteiger partial charge in [0.1, 0.15) is 0 Å². The SMILES string of the molecule is C[C@H](CCC[C@@H](C)[C@H]1CC[C@H]2C3=CC(=O)[C@H]4C[C@H](O)CC[C@]4(C)[C@H]3CC[C@]12C)COS(=O)(=O)O. The first kappa shape index (κ1) is 26.3. The van der Waals surface area contributed by atoms with Gasteiger partial charge >= 0.3 is 10.4 Å².